The van der Waals surface area contributed by atoms with Crippen LogP contribution in [0.15, 0.2) is 64.4 Å². The van der Waals surface area contributed by atoms with Crippen LogP contribution in [0, 0.1) is 0 Å². The average Bonchev–Trinajstić information content (AvgIpc) is 2.78. The molecule has 2 N–H and O–H groups in total. The molecule has 0 heterocycles. The third kappa shape index (κ3) is 6.52. The van der Waals surface area contributed by atoms with Crippen LogP contribution in [0.4, 0.5) is 11.4 Å². The van der Waals surface area contributed by atoms with Gasteiger partial charge in [-0.1, -0.05) is 46.4 Å². The minimum Gasteiger partial charge on any atom is -0.462 e. The molecule has 0 aliphatic carbocycles. The Morgan fingerprint density at radius 1 is 0.714 bits per heavy atom. The van der Waals surface area contributed by atoms with Crippen molar-refractivity contribution in [1.29, 1.82) is 0 Å². The van der Waals surface area contributed by atoms with Gasteiger partial charge in [0.25, 0.3) is 20.0 Å². The Bertz CT molecular complexity index is 1510. The molecule has 0 radical (unpaired) electrons. The van der Waals surface area contributed by atoms with E-state index < -0.39 is 26.0 Å². The summed E-state index contributed by atoms with van der Waals surface area (Å²) in [6, 6.07) is 10.9. The number of hydrogen-bond acceptors (Lipinski definition) is 6. The molecule has 0 unspecified atom stereocenters. The number of carbonyl (C=O) groups excluding carboxylic acids is 1. The van der Waals surface area contributed by atoms with Gasteiger partial charge in [-0.15, -0.1) is 0 Å². The molecular formula is C21H16Cl4N2O6S2. The van der Waals surface area contributed by atoms with Crippen molar-refractivity contribution in [3.63, 3.8) is 0 Å². The summed E-state index contributed by atoms with van der Waals surface area (Å²) in [5.74, 6) is -0.735. The quantitative estimate of drug-likeness (QED) is 0.304. The molecule has 35 heavy (non-hydrogen) atoms. The zero-order chi connectivity index (χ0) is 26.0. The predicted octanol–water partition coefficient (Wildman–Crippen LogP) is 6.08. The Hall–Kier alpha value is -2.21. The molecule has 3 aromatic rings. The smallest absolute Gasteiger partial charge is 0.338 e. The van der Waals surface area contributed by atoms with E-state index in [0.29, 0.717) is 0 Å². The van der Waals surface area contributed by atoms with Gasteiger partial charge in [0.15, 0.2) is 0 Å². The first-order chi connectivity index (χ1) is 16.3. The first kappa shape index (κ1) is 27.4. The minimum atomic E-state index is -4.28. The number of nitrogens with one attached hydrogen (secondary N) is 2. The topological polar surface area (TPSA) is 119 Å². The number of ether oxygens (including phenoxy) is 1. The van der Waals surface area contributed by atoms with E-state index in [4.69, 9.17) is 51.1 Å². The van der Waals surface area contributed by atoms with Crippen molar-refractivity contribution in [1.82, 2.24) is 0 Å². The van der Waals surface area contributed by atoms with E-state index in [2.05, 4.69) is 9.44 Å². The van der Waals surface area contributed by atoms with Crippen molar-refractivity contribution in [2.24, 2.45) is 0 Å². The zero-order valence-electron chi connectivity index (χ0n) is 17.7. The van der Waals surface area contributed by atoms with E-state index in [-0.39, 0.29) is 53.4 Å². The predicted molar refractivity (Wildman–Crippen MR) is 137 cm³/mol. The molecule has 0 saturated heterocycles. The monoisotopic (exact) mass is 596 g/mol. The van der Waals surface area contributed by atoms with Gasteiger partial charge in [-0.25, -0.2) is 21.6 Å². The summed E-state index contributed by atoms with van der Waals surface area (Å²) in [6.45, 7) is 1.68. The highest BCUT2D eigenvalue weighted by atomic mass is 35.5. The molecule has 8 nitrogen and oxygen atoms in total. The summed E-state index contributed by atoms with van der Waals surface area (Å²) < 4.78 is 61.4. The maximum Gasteiger partial charge on any atom is 0.338 e. The van der Waals surface area contributed by atoms with Gasteiger partial charge in [-0.3, -0.25) is 9.44 Å². The second-order valence-corrected chi connectivity index (χ2v) is 11.8. The standard InChI is InChI=1S/C21H16Cl4N2O6S2/c1-2-33-21(28)12-3-8-19(26-34(29,30)13-4-6-15(22)17(24)10-13)20(9-12)27-35(31,32)14-5-7-16(23)18(25)11-14/h3-11,26-27H,2H2,1H3. The molecule has 14 heteroatoms. The van der Waals surface area contributed by atoms with E-state index >= 15 is 0 Å². The van der Waals surface area contributed by atoms with E-state index in [1.807, 2.05) is 0 Å². The van der Waals surface area contributed by atoms with Crippen molar-refractivity contribution in [3.8, 4) is 0 Å². The summed E-state index contributed by atoms with van der Waals surface area (Å²) in [5.41, 5.74) is -0.436. The summed E-state index contributed by atoms with van der Waals surface area (Å²) in [6.07, 6.45) is 0. The van der Waals surface area contributed by atoms with Crippen LogP contribution in [0.1, 0.15) is 17.3 Å². The molecule has 0 fully saturated rings. The number of halogens is 4. The first-order valence-electron chi connectivity index (χ1n) is 9.61. The van der Waals surface area contributed by atoms with Gasteiger partial charge < -0.3 is 4.74 Å². The number of sulfonamides is 2. The molecule has 0 spiro atoms. The van der Waals surface area contributed by atoms with Gasteiger partial charge in [0, 0.05) is 0 Å². The summed E-state index contributed by atoms with van der Waals surface area (Å²) in [4.78, 5) is 11.7. The Morgan fingerprint density at radius 2 is 1.20 bits per heavy atom. The van der Waals surface area contributed by atoms with Gasteiger partial charge in [0.1, 0.15) is 0 Å². The number of benzene rings is 3. The maximum atomic E-state index is 13.0. The van der Waals surface area contributed by atoms with E-state index in [1.54, 1.807) is 6.92 Å². The van der Waals surface area contributed by atoms with Crippen molar-refractivity contribution < 1.29 is 26.4 Å². The Morgan fingerprint density at radius 3 is 1.66 bits per heavy atom. The fraction of sp³-hybridized carbons (Fsp3) is 0.0952. The Balaban J connectivity index is 2.06. The molecule has 3 aromatic carbocycles. The molecule has 186 valence electrons. The molecule has 0 amide bonds. The molecule has 0 bridgehead atoms. The number of carbonyl (C=O) groups is 1. The molecule has 0 aliphatic heterocycles. The van der Waals surface area contributed by atoms with Crippen LogP contribution in [0.2, 0.25) is 20.1 Å². The maximum absolute atomic E-state index is 13.0. The van der Waals surface area contributed by atoms with Crippen LogP contribution in [-0.4, -0.2) is 29.4 Å². The Kier molecular flexibility index (Phi) is 8.46. The molecule has 0 saturated carbocycles. The largest absolute Gasteiger partial charge is 0.462 e. The van der Waals surface area contributed by atoms with E-state index in [0.717, 1.165) is 18.2 Å². The van der Waals surface area contributed by atoms with Crippen molar-refractivity contribution in [2.45, 2.75) is 16.7 Å². The lowest BCUT2D eigenvalue weighted by atomic mass is 10.2. The lowest BCUT2D eigenvalue weighted by Gasteiger charge is -2.16. The second-order valence-electron chi connectivity index (χ2n) is 6.84. The fourth-order valence-corrected chi connectivity index (χ4v) is 5.68. The van der Waals surface area contributed by atoms with Crippen LogP contribution < -0.4 is 9.44 Å². The van der Waals surface area contributed by atoms with E-state index in [1.165, 1.54) is 36.4 Å². The molecule has 0 aliphatic rings. The number of anilines is 2. The summed E-state index contributed by atoms with van der Waals surface area (Å²) >= 11 is 23.6. The first-order valence-corrected chi connectivity index (χ1v) is 14.1. The third-order valence-electron chi connectivity index (χ3n) is 4.42. The Labute approximate surface area is 222 Å². The lowest BCUT2D eigenvalue weighted by molar-refractivity contribution is 0.0526. The van der Waals surface area contributed by atoms with E-state index in [9.17, 15) is 21.6 Å². The van der Waals surface area contributed by atoms with Crippen molar-refractivity contribution in [2.75, 3.05) is 16.1 Å². The van der Waals surface area contributed by atoms with Crippen LogP contribution >= 0.6 is 46.4 Å². The van der Waals surface area contributed by atoms with Gasteiger partial charge in [-0.2, -0.15) is 0 Å². The molecule has 0 atom stereocenters. The summed E-state index contributed by atoms with van der Waals surface area (Å²) in [5, 5.41) is 0.299. The average molecular weight is 598 g/mol. The SMILES string of the molecule is CCOC(=O)c1ccc(NS(=O)(=O)c2ccc(Cl)c(Cl)c2)c(NS(=O)(=O)c2ccc(Cl)c(Cl)c2)c1. The third-order valence-corrected chi connectivity index (χ3v) is 8.63. The molecule has 3 rings (SSSR count). The van der Waals surface area contributed by atoms with Gasteiger partial charge in [-0.05, 0) is 61.5 Å². The van der Waals surface area contributed by atoms with Crippen LogP contribution in [0.5, 0.6) is 0 Å². The summed E-state index contributed by atoms with van der Waals surface area (Å²) in [7, 11) is -8.51. The van der Waals surface area contributed by atoms with Crippen LogP contribution in [-0.2, 0) is 24.8 Å². The van der Waals surface area contributed by atoms with Crippen LogP contribution in [0.3, 0.4) is 0 Å². The highest BCUT2D eigenvalue weighted by molar-refractivity contribution is 7.93. The van der Waals surface area contributed by atoms with Gasteiger partial charge >= 0.3 is 5.97 Å². The van der Waals surface area contributed by atoms with Crippen LogP contribution in [0.25, 0.3) is 0 Å². The highest BCUT2D eigenvalue weighted by Gasteiger charge is 2.23. The highest BCUT2D eigenvalue weighted by Crippen LogP contribution is 2.32. The van der Waals surface area contributed by atoms with Crippen molar-refractivity contribution >= 4 is 83.8 Å². The van der Waals surface area contributed by atoms with Gasteiger partial charge in [0.2, 0.25) is 0 Å². The fourth-order valence-electron chi connectivity index (χ4n) is 2.75. The number of esters is 1. The lowest BCUT2D eigenvalue weighted by Crippen LogP contribution is -2.18. The minimum absolute atomic E-state index is 0.00430. The van der Waals surface area contributed by atoms with Gasteiger partial charge in [0.05, 0.1) is 53.4 Å². The molecular weight excluding hydrogens is 582 g/mol. The van der Waals surface area contributed by atoms with Crippen molar-refractivity contribution in [3.05, 3.63) is 80.3 Å². The second kappa shape index (κ2) is 10.8. The number of hydrogen-bond donors (Lipinski definition) is 2. The normalized spacial score (nSPS) is 11.7. The number of rotatable bonds is 8. The zero-order valence-corrected chi connectivity index (χ0v) is 22.3. The molecule has 0 aromatic heterocycles.